The van der Waals surface area contributed by atoms with E-state index in [1.807, 2.05) is 0 Å². The summed E-state index contributed by atoms with van der Waals surface area (Å²) in [5.74, 6) is -4.73. The fourth-order valence-corrected chi connectivity index (χ4v) is 3.79. The van der Waals surface area contributed by atoms with E-state index in [4.69, 9.17) is 14.6 Å². The largest absolute Gasteiger partial charge is 0.508 e. The molecule has 1 saturated heterocycles. The van der Waals surface area contributed by atoms with Crippen molar-refractivity contribution in [2.45, 2.75) is 43.5 Å². The molecule has 0 radical (unpaired) electrons. The van der Waals surface area contributed by atoms with E-state index in [0.29, 0.717) is 11.6 Å². The average molecular weight is 549 g/mol. The summed E-state index contributed by atoms with van der Waals surface area (Å²) in [6.45, 7) is -0.729. The molecule has 2 aromatic carbocycles. The summed E-state index contributed by atoms with van der Waals surface area (Å²) in [7, 11) is 0. The number of carboxylic acids is 1. The minimum Gasteiger partial charge on any atom is -0.508 e. The van der Waals surface area contributed by atoms with Crippen LogP contribution in [0.2, 0.25) is 0 Å². The Balaban J connectivity index is 1.78. The lowest BCUT2D eigenvalue weighted by Crippen LogP contribution is -2.60. The van der Waals surface area contributed by atoms with Crippen molar-refractivity contribution in [1.82, 2.24) is 0 Å². The number of phenols is 3. The lowest BCUT2D eigenvalue weighted by molar-refractivity contribution is -0.277. The number of hydrogen-bond donors (Lipinski definition) is 9. The number of rotatable bonds is 10. The first-order valence-corrected chi connectivity index (χ1v) is 11.5. The maximum Gasteiger partial charge on any atom is 0.328 e. The van der Waals surface area contributed by atoms with Crippen molar-refractivity contribution >= 4 is 23.3 Å². The summed E-state index contributed by atoms with van der Waals surface area (Å²) >= 11 is 0. The molecule has 5 atom stereocenters. The molecule has 1 heterocycles. The quantitative estimate of drug-likeness (QED) is 0.102. The maximum absolute atomic E-state index is 13.1. The lowest BCUT2D eigenvalue weighted by Gasteiger charge is -2.39. The third-order valence-corrected chi connectivity index (χ3v) is 5.77. The van der Waals surface area contributed by atoms with Crippen molar-refractivity contribution < 1.29 is 64.7 Å². The molecule has 3 rings (SSSR count). The number of ether oxygens (including phenoxy) is 2. The molecule has 1 aliphatic rings. The Morgan fingerprint density at radius 1 is 0.949 bits per heavy atom. The molecule has 1 aliphatic heterocycles. The van der Waals surface area contributed by atoms with Crippen LogP contribution in [0.15, 0.2) is 42.5 Å². The monoisotopic (exact) mass is 549 g/mol. The number of phenolic OH excluding ortho intramolecular Hbond substituents is 3. The number of nitrogens with one attached hydrogen (secondary N) is 1. The fourth-order valence-electron chi connectivity index (χ4n) is 3.79. The molecule has 14 nitrogen and oxygen atoms in total. The first kappa shape index (κ1) is 29.3. The summed E-state index contributed by atoms with van der Waals surface area (Å²) in [6, 6.07) is 5.92. The van der Waals surface area contributed by atoms with E-state index in [-0.39, 0.29) is 24.3 Å². The van der Waals surface area contributed by atoms with Crippen molar-refractivity contribution in [3.8, 4) is 23.0 Å². The van der Waals surface area contributed by atoms with Gasteiger partial charge in [0.2, 0.25) is 12.2 Å². The zero-order valence-electron chi connectivity index (χ0n) is 20.2. The standard InChI is InChI=1S/C25H27NO13/c27-10-18-22(35)23(36)24(37)25(39-18)38-17-9-12(28)8-16(31)21(17)15(30)4-2-11-1-3-14(29)13(7-11)26-19(32)5-6-20(33)34/h1,3,5-9,18,22-25,27-29,31,35-37H,2,4,10H2,(H,26,32)(H,33,34)/b6-5+/t18-,22+,23+,24+,25+/m1/s1. The van der Waals surface area contributed by atoms with E-state index in [2.05, 4.69) is 5.32 Å². The van der Waals surface area contributed by atoms with Gasteiger partial charge in [0.25, 0.3) is 0 Å². The van der Waals surface area contributed by atoms with Crippen LogP contribution in [-0.2, 0) is 20.7 Å². The van der Waals surface area contributed by atoms with Gasteiger partial charge in [0.1, 0.15) is 53.0 Å². The summed E-state index contributed by atoms with van der Waals surface area (Å²) in [6.07, 6.45) is -7.08. The van der Waals surface area contributed by atoms with Crippen molar-refractivity contribution in [3.05, 3.63) is 53.6 Å². The van der Waals surface area contributed by atoms with E-state index >= 15 is 0 Å². The van der Waals surface area contributed by atoms with E-state index in [0.717, 1.165) is 18.2 Å². The minimum absolute atomic E-state index is 0.0345. The van der Waals surface area contributed by atoms with Crippen LogP contribution in [-0.4, -0.2) is 95.8 Å². The molecule has 39 heavy (non-hydrogen) atoms. The number of Topliss-reactive ketones (excluding diaryl/α,β-unsaturated/α-hetero) is 1. The number of aryl methyl sites for hydroxylation is 1. The Bertz CT molecular complexity index is 1260. The fraction of sp³-hybridized carbons (Fsp3) is 0.320. The summed E-state index contributed by atoms with van der Waals surface area (Å²) in [5, 5.41) is 80.7. The second-order valence-corrected chi connectivity index (χ2v) is 8.59. The summed E-state index contributed by atoms with van der Waals surface area (Å²) in [5.41, 5.74) is 0.0308. The van der Waals surface area contributed by atoms with Crippen molar-refractivity contribution in [3.63, 3.8) is 0 Å². The Morgan fingerprint density at radius 3 is 2.33 bits per heavy atom. The first-order valence-electron chi connectivity index (χ1n) is 11.5. The highest BCUT2D eigenvalue weighted by Crippen LogP contribution is 2.36. The van der Waals surface area contributed by atoms with E-state index in [9.17, 15) is 50.1 Å². The zero-order chi connectivity index (χ0) is 28.9. The first-order chi connectivity index (χ1) is 18.4. The highest BCUT2D eigenvalue weighted by Gasteiger charge is 2.45. The number of amides is 1. The lowest BCUT2D eigenvalue weighted by atomic mass is 9.98. The van der Waals surface area contributed by atoms with Gasteiger partial charge in [-0.25, -0.2) is 4.79 Å². The number of ketones is 1. The van der Waals surface area contributed by atoms with Gasteiger partial charge in [-0.05, 0) is 24.1 Å². The van der Waals surface area contributed by atoms with Gasteiger partial charge in [0, 0.05) is 30.7 Å². The molecule has 0 bridgehead atoms. The molecule has 0 aromatic heterocycles. The van der Waals surface area contributed by atoms with Crippen molar-refractivity contribution in [2.24, 2.45) is 0 Å². The number of benzene rings is 2. The van der Waals surface area contributed by atoms with Crippen LogP contribution in [0.5, 0.6) is 23.0 Å². The molecule has 2 aromatic rings. The van der Waals surface area contributed by atoms with E-state index in [1.165, 1.54) is 18.2 Å². The molecule has 1 amide bonds. The Labute approximate surface area is 220 Å². The normalized spacial score (nSPS) is 22.9. The number of anilines is 1. The number of carboxylic acid groups (broad SMARTS) is 1. The summed E-state index contributed by atoms with van der Waals surface area (Å²) in [4.78, 5) is 35.5. The molecule has 0 unspecified atom stereocenters. The number of aliphatic hydroxyl groups is 4. The molecular weight excluding hydrogens is 522 g/mol. The second-order valence-electron chi connectivity index (χ2n) is 8.59. The van der Waals surface area contributed by atoms with Gasteiger partial charge in [-0.2, -0.15) is 0 Å². The number of hydrogen-bond acceptors (Lipinski definition) is 12. The van der Waals surface area contributed by atoms with Crippen LogP contribution in [0.3, 0.4) is 0 Å². The number of aliphatic carboxylic acids is 1. The van der Waals surface area contributed by atoms with Gasteiger partial charge < -0.3 is 55.6 Å². The van der Waals surface area contributed by atoms with Crippen molar-refractivity contribution in [2.75, 3.05) is 11.9 Å². The van der Waals surface area contributed by atoms with Crippen LogP contribution >= 0.6 is 0 Å². The Kier molecular flexibility index (Phi) is 9.45. The Hall–Kier alpha value is -4.21. The van der Waals surface area contributed by atoms with E-state index < -0.39 is 77.8 Å². The number of carbonyl (C=O) groups excluding carboxylic acids is 2. The van der Waals surface area contributed by atoms with Crippen LogP contribution in [0, 0.1) is 0 Å². The third-order valence-electron chi connectivity index (χ3n) is 5.77. The molecule has 0 spiro atoms. The molecule has 9 N–H and O–H groups in total. The van der Waals surface area contributed by atoms with Gasteiger partial charge in [-0.3, -0.25) is 9.59 Å². The van der Waals surface area contributed by atoms with Gasteiger partial charge in [-0.1, -0.05) is 6.07 Å². The van der Waals surface area contributed by atoms with Crippen LogP contribution in [0.4, 0.5) is 5.69 Å². The van der Waals surface area contributed by atoms with Crippen LogP contribution in [0.25, 0.3) is 0 Å². The molecule has 210 valence electrons. The predicted molar refractivity (Wildman–Crippen MR) is 130 cm³/mol. The molecule has 0 aliphatic carbocycles. The van der Waals surface area contributed by atoms with E-state index in [1.54, 1.807) is 0 Å². The van der Waals surface area contributed by atoms with Gasteiger partial charge in [-0.15, -0.1) is 0 Å². The average Bonchev–Trinajstić information content (AvgIpc) is 2.87. The Morgan fingerprint density at radius 2 is 1.67 bits per heavy atom. The van der Waals surface area contributed by atoms with Crippen molar-refractivity contribution in [1.29, 1.82) is 0 Å². The zero-order valence-corrected chi connectivity index (χ0v) is 20.2. The smallest absolute Gasteiger partial charge is 0.328 e. The van der Waals surface area contributed by atoms with Gasteiger partial charge >= 0.3 is 5.97 Å². The number of aromatic hydroxyl groups is 3. The van der Waals surface area contributed by atoms with Gasteiger partial charge in [0.15, 0.2) is 5.78 Å². The summed E-state index contributed by atoms with van der Waals surface area (Å²) < 4.78 is 10.7. The van der Waals surface area contributed by atoms with Crippen LogP contribution < -0.4 is 10.1 Å². The number of carbonyl (C=O) groups is 3. The highest BCUT2D eigenvalue weighted by atomic mass is 16.7. The highest BCUT2D eigenvalue weighted by molar-refractivity contribution is 6.03. The topological polar surface area (TPSA) is 244 Å². The second kappa shape index (κ2) is 12.6. The SMILES string of the molecule is O=C(O)/C=C/C(=O)Nc1cc(CCC(=O)c2c(O)cc(O)cc2O[C@H]2O[C@H](CO)[C@H](O)[C@H](O)[C@@H]2O)ccc1O. The molecule has 1 fully saturated rings. The third kappa shape index (κ3) is 7.22. The predicted octanol–water partition coefficient (Wildman–Crippen LogP) is -0.623. The molecular formula is C25H27NO13. The molecule has 0 saturated carbocycles. The maximum atomic E-state index is 13.1. The molecule has 14 heteroatoms. The number of aliphatic hydroxyl groups excluding tert-OH is 4. The van der Waals surface area contributed by atoms with Crippen LogP contribution in [0.1, 0.15) is 22.3 Å². The minimum atomic E-state index is -1.81. The van der Waals surface area contributed by atoms with Gasteiger partial charge in [0.05, 0.1) is 12.3 Å².